The van der Waals surface area contributed by atoms with Crippen molar-refractivity contribution in [3.8, 4) is 22.1 Å². The highest BCUT2D eigenvalue weighted by molar-refractivity contribution is 9.10. The normalized spacial score (nSPS) is 10.8. The van der Waals surface area contributed by atoms with E-state index in [1.807, 2.05) is 42.5 Å². The lowest BCUT2D eigenvalue weighted by atomic mass is 10.2. The molecule has 0 N–H and O–H groups in total. The molecule has 4 rings (SSSR count). The highest BCUT2D eigenvalue weighted by Crippen LogP contribution is 2.41. The lowest BCUT2D eigenvalue weighted by molar-refractivity contribution is 0.282. The molecular formula is C20H15BrN2O2S. The van der Waals surface area contributed by atoms with Gasteiger partial charge in [0.15, 0.2) is 11.5 Å². The Kier molecular flexibility index (Phi) is 4.86. The SMILES string of the molecule is COc1cc(-c2nc3ccccc3s2)cc(Br)c1OCc1ccncc1. The first kappa shape index (κ1) is 17.0. The number of pyridine rings is 1. The van der Waals surface area contributed by atoms with E-state index in [0.29, 0.717) is 18.1 Å². The highest BCUT2D eigenvalue weighted by Gasteiger charge is 2.15. The van der Waals surface area contributed by atoms with Crippen molar-refractivity contribution < 1.29 is 9.47 Å². The minimum absolute atomic E-state index is 0.442. The van der Waals surface area contributed by atoms with E-state index < -0.39 is 0 Å². The molecular weight excluding hydrogens is 412 g/mol. The van der Waals surface area contributed by atoms with E-state index in [4.69, 9.17) is 14.5 Å². The number of para-hydroxylation sites is 1. The van der Waals surface area contributed by atoms with Crippen LogP contribution < -0.4 is 9.47 Å². The fourth-order valence-corrected chi connectivity index (χ4v) is 4.12. The second-order valence-corrected chi connectivity index (χ2v) is 7.51. The molecule has 0 radical (unpaired) electrons. The van der Waals surface area contributed by atoms with Crippen LogP contribution in [0.25, 0.3) is 20.8 Å². The summed E-state index contributed by atoms with van der Waals surface area (Å²) in [6.07, 6.45) is 3.50. The minimum Gasteiger partial charge on any atom is -0.493 e. The van der Waals surface area contributed by atoms with E-state index in [1.165, 1.54) is 0 Å². The second kappa shape index (κ2) is 7.43. The van der Waals surface area contributed by atoms with Crippen LogP contribution in [0.15, 0.2) is 65.4 Å². The summed E-state index contributed by atoms with van der Waals surface area (Å²) < 4.78 is 13.5. The third-order valence-corrected chi connectivity index (χ3v) is 5.58. The Morgan fingerprint density at radius 3 is 2.65 bits per heavy atom. The number of thiazole rings is 1. The molecule has 0 aliphatic heterocycles. The van der Waals surface area contributed by atoms with E-state index in [2.05, 4.69) is 27.0 Å². The number of halogens is 1. The maximum atomic E-state index is 5.98. The molecule has 0 amide bonds. The van der Waals surface area contributed by atoms with E-state index in [0.717, 1.165) is 30.8 Å². The fourth-order valence-electron chi connectivity index (χ4n) is 2.61. The van der Waals surface area contributed by atoms with Crippen LogP contribution in [-0.4, -0.2) is 17.1 Å². The van der Waals surface area contributed by atoms with Crippen molar-refractivity contribution in [3.05, 3.63) is 71.0 Å². The lowest BCUT2D eigenvalue weighted by Crippen LogP contribution is -1.99. The Morgan fingerprint density at radius 1 is 1.08 bits per heavy atom. The highest BCUT2D eigenvalue weighted by atomic mass is 79.9. The third kappa shape index (κ3) is 3.43. The van der Waals surface area contributed by atoms with Crippen molar-refractivity contribution in [1.29, 1.82) is 0 Å². The van der Waals surface area contributed by atoms with E-state index in [1.54, 1.807) is 30.8 Å². The van der Waals surface area contributed by atoms with Crippen molar-refractivity contribution >= 4 is 37.5 Å². The van der Waals surface area contributed by atoms with Gasteiger partial charge in [0.1, 0.15) is 11.6 Å². The van der Waals surface area contributed by atoms with Crippen LogP contribution in [0.4, 0.5) is 0 Å². The van der Waals surface area contributed by atoms with Gasteiger partial charge in [0.25, 0.3) is 0 Å². The van der Waals surface area contributed by atoms with Crippen LogP contribution >= 0.6 is 27.3 Å². The van der Waals surface area contributed by atoms with Gasteiger partial charge in [0.05, 0.1) is 21.8 Å². The van der Waals surface area contributed by atoms with Crippen LogP contribution in [-0.2, 0) is 6.61 Å². The number of aromatic nitrogens is 2. The van der Waals surface area contributed by atoms with Gasteiger partial charge in [-0.2, -0.15) is 0 Å². The topological polar surface area (TPSA) is 44.2 Å². The molecule has 0 saturated heterocycles. The van der Waals surface area contributed by atoms with Gasteiger partial charge in [-0.05, 0) is 57.9 Å². The summed E-state index contributed by atoms with van der Waals surface area (Å²) in [7, 11) is 1.64. The van der Waals surface area contributed by atoms with Crippen molar-refractivity contribution in [2.24, 2.45) is 0 Å². The molecule has 4 nitrogen and oxygen atoms in total. The quantitative estimate of drug-likeness (QED) is 0.409. The third-order valence-electron chi connectivity index (χ3n) is 3.90. The monoisotopic (exact) mass is 426 g/mol. The fraction of sp³-hybridized carbons (Fsp3) is 0.100. The largest absolute Gasteiger partial charge is 0.493 e. The molecule has 0 atom stereocenters. The maximum absolute atomic E-state index is 5.98. The zero-order valence-electron chi connectivity index (χ0n) is 14.0. The summed E-state index contributed by atoms with van der Waals surface area (Å²) in [4.78, 5) is 8.74. The minimum atomic E-state index is 0.442. The molecule has 2 aromatic carbocycles. The zero-order valence-corrected chi connectivity index (χ0v) is 16.4. The molecule has 26 heavy (non-hydrogen) atoms. The summed E-state index contributed by atoms with van der Waals surface area (Å²) in [6.45, 7) is 0.442. The number of fused-ring (bicyclic) bond motifs is 1. The number of rotatable bonds is 5. The van der Waals surface area contributed by atoms with Crippen LogP contribution in [0, 0.1) is 0 Å². The van der Waals surface area contributed by atoms with Gasteiger partial charge in [-0.25, -0.2) is 4.98 Å². The number of hydrogen-bond acceptors (Lipinski definition) is 5. The maximum Gasteiger partial charge on any atom is 0.175 e. The molecule has 0 aliphatic carbocycles. The summed E-state index contributed by atoms with van der Waals surface area (Å²) in [5, 5.41) is 0.950. The Bertz CT molecular complexity index is 1020. The van der Waals surface area contributed by atoms with Gasteiger partial charge in [-0.1, -0.05) is 12.1 Å². The molecule has 0 aliphatic rings. The predicted molar refractivity (Wildman–Crippen MR) is 108 cm³/mol. The molecule has 2 heterocycles. The van der Waals surface area contributed by atoms with Crippen LogP contribution in [0.5, 0.6) is 11.5 Å². The van der Waals surface area contributed by atoms with Crippen molar-refractivity contribution in [2.75, 3.05) is 7.11 Å². The van der Waals surface area contributed by atoms with E-state index in [-0.39, 0.29) is 0 Å². The van der Waals surface area contributed by atoms with Gasteiger partial charge < -0.3 is 9.47 Å². The first-order chi connectivity index (χ1) is 12.7. The van der Waals surface area contributed by atoms with Crippen LogP contribution in [0.3, 0.4) is 0 Å². The van der Waals surface area contributed by atoms with Crippen LogP contribution in [0.1, 0.15) is 5.56 Å². The number of hydrogen-bond donors (Lipinski definition) is 0. The molecule has 130 valence electrons. The molecule has 4 aromatic rings. The number of methoxy groups -OCH3 is 1. The molecule has 0 bridgehead atoms. The summed E-state index contributed by atoms with van der Waals surface area (Å²) in [5.74, 6) is 1.34. The Morgan fingerprint density at radius 2 is 1.88 bits per heavy atom. The lowest BCUT2D eigenvalue weighted by Gasteiger charge is -2.14. The summed E-state index contributed by atoms with van der Waals surface area (Å²) in [5.41, 5.74) is 3.04. The van der Waals surface area contributed by atoms with Gasteiger partial charge in [-0.15, -0.1) is 11.3 Å². The standard InChI is InChI=1S/C20H15BrN2O2S/c1-24-17-11-14(20-23-16-4-2-3-5-18(16)26-20)10-15(21)19(17)25-12-13-6-8-22-9-7-13/h2-11H,12H2,1H3. The molecule has 0 saturated carbocycles. The average Bonchev–Trinajstić information content (AvgIpc) is 3.11. The summed E-state index contributed by atoms with van der Waals surface area (Å²) in [6, 6.07) is 16.0. The van der Waals surface area contributed by atoms with E-state index in [9.17, 15) is 0 Å². The summed E-state index contributed by atoms with van der Waals surface area (Å²) >= 11 is 5.27. The van der Waals surface area contributed by atoms with Gasteiger partial charge in [0.2, 0.25) is 0 Å². The van der Waals surface area contributed by atoms with Gasteiger partial charge in [-0.3, -0.25) is 4.98 Å². The van der Waals surface area contributed by atoms with Gasteiger partial charge >= 0.3 is 0 Å². The Balaban J connectivity index is 1.67. The van der Waals surface area contributed by atoms with E-state index >= 15 is 0 Å². The Labute approximate surface area is 163 Å². The first-order valence-electron chi connectivity index (χ1n) is 8.00. The number of nitrogens with zero attached hydrogens (tertiary/aromatic N) is 2. The first-order valence-corrected chi connectivity index (χ1v) is 9.61. The Hall–Kier alpha value is -2.44. The molecule has 0 spiro atoms. The second-order valence-electron chi connectivity index (χ2n) is 5.62. The molecule has 0 fully saturated rings. The number of benzene rings is 2. The number of ether oxygens (including phenoxy) is 2. The smallest absolute Gasteiger partial charge is 0.175 e. The average molecular weight is 427 g/mol. The van der Waals surface area contributed by atoms with Crippen molar-refractivity contribution in [2.45, 2.75) is 6.61 Å². The molecule has 2 aromatic heterocycles. The predicted octanol–water partition coefficient (Wildman–Crippen LogP) is 5.71. The van der Waals surface area contributed by atoms with Crippen molar-refractivity contribution in [1.82, 2.24) is 9.97 Å². The zero-order chi connectivity index (χ0) is 17.9. The molecule has 0 unspecified atom stereocenters. The molecule has 6 heteroatoms. The van der Waals surface area contributed by atoms with Gasteiger partial charge in [0, 0.05) is 18.0 Å². The van der Waals surface area contributed by atoms with Crippen LogP contribution in [0.2, 0.25) is 0 Å². The van der Waals surface area contributed by atoms with Crippen molar-refractivity contribution in [3.63, 3.8) is 0 Å².